The summed E-state index contributed by atoms with van der Waals surface area (Å²) in [5, 5.41) is 2.51. The lowest BCUT2D eigenvalue weighted by molar-refractivity contribution is 0.432. The second kappa shape index (κ2) is 11.4. The molecule has 0 amide bonds. The summed E-state index contributed by atoms with van der Waals surface area (Å²) in [6.45, 7) is 11.3. The van der Waals surface area contributed by atoms with Crippen LogP contribution in [-0.4, -0.2) is 14.1 Å². The van der Waals surface area contributed by atoms with Crippen LogP contribution in [0.5, 0.6) is 0 Å². The minimum Gasteiger partial charge on any atom is -0.309 e. The third kappa shape index (κ3) is 4.99. The third-order valence-corrected chi connectivity index (χ3v) is 8.84. The third-order valence-electron chi connectivity index (χ3n) is 8.84. The van der Waals surface area contributed by atoms with E-state index in [1.807, 2.05) is 6.20 Å². The molecule has 0 saturated heterocycles. The summed E-state index contributed by atoms with van der Waals surface area (Å²) in [7, 11) is 0. The van der Waals surface area contributed by atoms with Gasteiger partial charge in [-0.15, -0.1) is 0 Å². The maximum atomic E-state index is 4.88. The van der Waals surface area contributed by atoms with Crippen molar-refractivity contribution >= 4 is 21.8 Å². The lowest BCUT2D eigenvalue weighted by atomic mass is 9.92. The van der Waals surface area contributed by atoms with Gasteiger partial charge < -0.3 is 4.57 Å². The molecule has 1 unspecified atom stereocenters. The number of imidazole rings is 1. The first-order valence-electron chi connectivity index (χ1n) is 15.2. The van der Waals surface area contributed by atoms with Crippen molar-refractivity contribution in [3.8, 4) is 22.8 Å². The second-order valence-corrected chi connectivity index (χ2v) is 11.7. The molecule has 0 saturated carbocycles. The highest BCUT2D eigenvalue weighted by Crippen LogP contribution is 2.36. The van der Waals surface area contributed by atoms with Crippen LogP contribution in [0.2, 0.25) is 0 Å². The Morgan fingerprint density at radius 1 is 0.732 bits per heavy atom. The maximum absolute atomic E-state index is 4.88. The van der Waals surface area contributed by atoms with E-state index in [-0.39, 0.29) is 0 Å². The first-order valence-corrected chi connectivity index (χ1v) is 15.2. The number of para-hydroxylation sites is 2. The summed E-state index contributed by atoms with van der Waals surface area (Å²) in [4.78, 5) is 4.88. The number of aromatic nitrogens is 3. The minimum atomic E-state index is 0.826. The molecule has 2 heterocycles. The molecule has 0 bridgehead atoms. The van der Waals surface area contributed by atoms with Gasteiger partial charge >= 0.3 is 0 Å². The fourth-order valence-corrected chi connectivity index (χ4v) is 6.78. The molecule has 3 heteroatoms. The average molecular weight is 540 g/mol. The van der Waals surface area contributed by atoms with Gasteiger partial charge in [-0.05, 0) is 92.1 Å². The van der Waals surface area contributed by atoms with Gasteiger partial charge in [-0.3, -0.25) is 4.57 Å². The van der Waals surface area contributed by atoms with Crippen LogP contribution in [0.25, 0.3) is 44.6 Å². The van der Waals surface area contributed by atoms with E-state index in [1.54, 1.807) is 0 Å². The fraction of sp³-hybridized carbons (Fsp3) is 0.289. The Bertz CT molecular complexity index is 1810. The SMILES string of the molecule is CCCC(CC)CCc1cc(C)c(-n2ccnc2-c2ccc3c(c2)c2ccccc2n3-c2ccccc2C)c(C)c1. The Balaban J connectivity index is 1.41. The van der Waals surface area contributed by atoms with Crippen LogP contribution in [-0.2, 0) is 6.42 Å². The van der Waals surface area contributed by atoms with Crippen molar-refractivity contribution in [1.82, 2.24) is 14.1 Å². The molecule has 208 valence electrons. The van der Waals surface area contributed by atoms with Crippen LogP contribution in [0.3, 0.4) is 0 Å². The molecule has 0 spiro atoms. The van der Waals surface area contributed by atoms with Gasteiger partial charge in [0, 0.05) is 34.4 Å². The Kier molecular flexibility index (Phi) is 7.53. The lowest BCUT2D eigenvalue weighted by Gasteiger charge is -2.18. The number of fused-ring (bicyclic) bond motifs is 3. The topological polar surface area (TPSA) is 22.8 Å². The van der Waals surface area contributed by atoms with E-state index in [2.05, 4.69) is 129 Å². The maximum Gasteiger partial charge on any atom is 0.144 e. The molecule has 6 aromatic rings. The van der Waals surface area contributed by atoms with E-state index in [0.717, 1.165) is 23.7 Å². The molecule has 0 N–H and O–H groups in total. The van der Waals surface area contributed by atoms with Crippen LogP contribution >= 0.6 is 0 Å². The van der Waals surface area contributed by atoms with Crippen molar-refractivity contribution in [2.24, 2.45) is 5.92 Å². The summed E-state index contributed by atoms with van der Waals surface area (Å²) in [5.41, 5.74) is 11.4. The molecular formula is C38H41N3. The molecule has 1 atom stereocenters. The molecule has 3 nitrogen and oxygen atoms in total. The zero-order valence-electron chi connectivity index (χ0n) is 25.1. The summed E-state index contributed by atoms with van der Waals surface area (Å²) >= 11 is 0. The number of benzene rings is 4. The Hall–Kier alpha value is -4.11. The van der Waals surface area contributed by atoms with Gasteiger partial charge in [0.2, 0.25) is 0 Å². The molecule has 4 aromatic carbocycles. The molecule has 41 heavy (non-hydrogen) atoms. The number of hydrogen-bond donors (Lipinski definition) is 0. The van der Waals surface area contributed by atoms with E-state index >= 15 is 0 Å². The quantitative estimate of drug-likeness (QED) is 0.179. The van der Waals surface area contributed by atoms with Crippen LogP contribution in [0.15, 0.2) is 91.3 Å². The predicted molar refractivity (Wildman–Crippen MR) is 175 cm³/mol. The molecule has 0 aliphatic carbocycles. The molecule has 0 fully saturated rings. The minimum absolute atomic E-state index is 0.826. The Morgan fingerprint density at radius 3 is 2.22 bits per heavy atom. The van der Waals surface area contributed by atoms with E-state index in [1.165, 1.54) is 81.1 Å². The normalized spacial score (nSPS) is 12.4. The van der Waals surface area contributed by atoms with Gasteiger partial charge in [0.1, 0.15) is 5.82 Å². The summed E-state index contributed by atoms with van der Waals surface area (Å²) in [6.07, 6.45) is 10.3. The van der Waals surface area contributed by atoms with Gasteiger partial charge in [-0.2, -0.15) is 0 Å². The monoisotopic (exact) mass is 539 g/mol. The van der Waals surface area contributed by atoms with Gasteiger partial charge in [0.05, 0.1) is 16.7 Å². The van der Waals surface area contributed by atoms with Crippen LogP contribution in [0, 0.1) is 26.7 Å². The van der Waals surface area contributed by atoms with Crippen molar-refractivity contribution in [2.75, 3.05) is 0 Å². The van der Waals surface area contributed by atoms with E-state index in [0.29, 0.717) is 0 Å². The Morgan fingerprint density at radius 2 is 1.46 bits per heavy atom. The number of nitrogens with zero attached hydrogens (tertiary/aromatic N) is 3. The van der Waals surface area contributed by atoms with Crippen LogP contribution in [0.1, 0.15) is 61.8 Å². The molecule has 0 aliphatic rings. The Labute approximate surface area is 244 Å². The van der Waals surface area contributed by atoms with Crippen molar-refractivity contribution in [2.45, 2.75) is 66.7 Å². The molecule has 2 aromatic heterocycles. The highest BCUT2D eigenvalue weighted by molar-refractivity contribution is 6.10. The highest BCUT2D eigenvalue weighted by atomic mass is 15.1. The first-order chi connectivity index (χ1) is 20.0. The lowest BCUT2D eigenvalue weighted by Crippen LogP contribution is -2.05. The number of rotatable bonds is 9. The average Bonchev–Trinajstić information content (AvgIpc) is 3.58. The standard InChI is InChI=1S/C38H41N3/c1-6-12-29(7-2)17-18-30-23-27(4)37(28(5)24-30)40-22-21-39-38(40)31-19-20-36-33(25-31)32-14-9-11-16-35(32)41(36)34-15-10-8-13-26(34)3/h8-11,13-16,19-25,29H,6-7,12,17-18H2,1-5H3. The zero-order valence-corrected chi connectivity index (χ0v) is 25.1. The van der Waals surface area contributed by atoms with Crippen molar-refractivity contribution in [3.63, 3.8) is 0 Å². The van der Waals surface area contributed by atoms with E-state index < -0.39 is 0 Å². The van der Waals surface area contributed by atoms with Crippen LogP contribution in [0.4, 0.5) is 0 Å². The van der Waals surface area contributed by atoms with Crippen LogP contribution < -0.4 is 0 Å². The van der Waals surface area contributed by atoms with E-state index in [4.69, 9.17) is 4.98 Å². The fourth-order valence-electron chi connectivity index (χ4n) is 6.78. The molecule has 0 aliphatic heterocycles. The highest BCUT2D eigenvalue weighted by Gasteiger charge is 2.18. The van der Waals surface area contributed by atoms with Gasteiger partial charge in [-0.25, -0.2) is 4.98 Å². The summed E-state index contributed by atoms with van der Waals surface area (Å²) < 4.78 is 4.68. The van der Waals surface area contributed by atoms with Crippen molar-refractivity contribution < 1.29 is 0 Å². The number of hydrogen-bond acceptors (Lipinski definition) is 1. The van der Waals surface area contributed by atoms with E-state index in [9.17, 15) is 0 Å². The summed E-state index contributed by atoms with van der Waals surface area (Å²) in [6, 6.07) is 29.0. The second-order valence-electron chi connectivity index (χ2n) is 11.7. The van der Waals surface area contributed by atoms with Crippen molar-refractivity contribution in [1.29, 1.82) is 0 Å². The zero-order chi connectivity index (χ0) is 28.5. The molecular weight excluding hydrogens is 498 g/mol. The van der Waals surface area contributed by atoms with Crippen molar-refractivity contribution in [3.05, 3.63) is 114 Å². The molecule has 0 radical (unpaired) electrons. The predicted octanol–water partition coefficient (Wildman–Crippen LogP) is 10.3. The largest absolute Gasteiger partial charge is 0.309 e. The summed E-state index contributed by atoms with van der Waals surface area (Å²) in [5.74, 6) is 1.81. The smallest absolute Gasteiger partial charge is 0.144 e. The van der Waals surface area contributed by atoms with Gasteiger partial charge in [0.25, 0.3) is 0 Å². The number of aryl methyl sites for hydroxylation is 4. The molecule has 6 rings (SSSR count). The first kappa shape index (κ1) is 27.1. The van der Waals surface area contributed by atoms with Gasteiger partial charge in [0.15, 0.2) is 0 Å². The van der Waals surface area contributed by atoms with Gasteiger partial charge in [-0.1, -0.05) is 81.6 Å².